The molecule has 0 unspecified atom stereocenters. The standard InChI is InChI=1S/C26H23ClN6.CH3NO2/c27-20-12-16-9-10-22(21-8-4-5-11-29-21)32-23(16)13-18(20)19-14-33(17-6-2-1-3-7-17)26-24(19)25(28)30-15-31-26;2-1(3)4/h4-5,8-15,17H,1-3,6-7H2,(H2,28,30,31);2H2,(H,3,4). The predicted octanol–water partition coefficient (Wildman–Crippen LogP) is 6.07. The Labute approximate surface area is 218 Å². The Kier molecular flexibility index (Phi) is 6.87. The molecular formula is C27H26ClN7O2. The lowest BCUT2D eigenvalue weighted by Crippen LogP contribution is -2.12. The van der Waals surface area contributed by atoms with Gasteiger partial charge in [-0.1, -0.05) is 43.0 Å². The molecular weight excluding hydrogens is 490 g/mol. The summed E-state index contributed by atoms with van der Waals surface area (Å²) in [6.45, 7) is 0. The van der Waals surface area contributed by atoms with Crippen LogP contribution in [-0.2, 0) is 0 Å². The first-order valence-corrected chi connectivity index (χ1v) is 12.4. The minimum absolute atomic E-state index is 0.414. The van der Waals surface area contributed by atoms with Crippen molar-refractivity contribution in [2.24, 2.45) is 5.73 Å². The van der Waals surface area contributed by atoms with Crippen molar-refractivity contribution in [2.45, 2.75) is 38.1 Å². The normalized spacial score (nSPS) is 13.9. The number of hydrogen-bond acceptors (Lipinski definition) is 6. The van der Waals surface area contributed by atoms with E-state index < -0.39 is 6.09 Å². The third kappa shape index (κ3) is 5.03. The summed E-state index contributed by atoms with van der Waals surface area (Å²) in [5.74, 6) is 0.468. The van der Waals surface area contributed by atoms with Gasteiger partial charge in [0.25, 0.3) is 0 Å². The van der Waals surface area contributed by atoms with E-state index in [0.29, 0.717) is 16.9 Å². The maximum Gasteiger partial charge on any atom is 0.402 e. The molecule has 0 saturated heterocycles. The number of nitrogen functional groups attached to an aromatic ring is 1. The number of nitrogens with two attached hydrogens (primary N) is 2. The van der Waals surface area contributed by atoms with Crippen LogP contribution in [0.25, 0.3) is 44.5 Å². The van der Waals surface area contributed by atoms with Gasteiger partial charge in [-0.05, 0) is 43.2 Å². The largest absolute Gasteiger partial charge is 0.465 e. The average Bonchev–Trinajstić information content (AvgIpc) is 3.29. The fourth-order valence-electron chi connectivity index (χ4n) is 4.96. The Hall–Kier alpha value is -4.24. The number of carbonyl (C=O) groups is 1. The summed E-state index contributed by atoms with van der Waals surface area (Å²) in [6.07, 6.45) is 10.2. The lowest BCUT2D eigenvalue weighted by atomic mass is 9.95. The van der Waals surface area contributed by atoms with E-state index in [0.717, 1.165) is 57.3 Å². The number of fused-ring (bicyclic) bond motifs is 2. The van der Waals surface area contributed by atoms with Crippen molar-refractivity contribution in [1.29, 1.82) is 0 Å². The first-order valence-electron chi connectivity index (χ1n) is 12.0. The zero-order chi connectivity index (χ0) is 25.9. The molecule has 1 aliphatic carbocycles. The highest BCUT2D eigenvalue weighted by Crippen LogP contribution is 2.41. The molecule has 10 heteroatoms. The molecule has 1 saturated carbocycles. The second-order valence-electron chi connectivity index (χ2n) is 8.97. The second-order valence-corrected chi connectivity index (χ2v) is 9.38. The van der Waals surface area contributed by atoms with Gasteiger partial charge in [0.05, 0.1) is 22.3 Å². The summed E-state index contributed by atoms with van der Waals surface area (Å²) in [7, 11) is 0. The predicted molar refractivity (Wildman–Crippen MR) is 145 cm³/mol. The zero-order valence-corrected chi connectivity index (χ0v) is 20.8. The third-order valence-electron chi connectivity index (χ3n) is 6.60. The van der Waals surface area contributed by atoms with Crippen LogP contribution in [-0.4, -0.2) is 35.7 Å². The molecule has 188 valence electrons. The van der Waals surface area contributed by atoms with Gasteiger partial charge in [0.2, 0.25) is 0 Å². The van der Waals surface area contributed by atoms with Gasteiger partial charge in [-0.15, -0.1) is 0 Å². The Morgan fingerprint density at radius 3 is 2.51 bits per heavy atom. The Bertz CT molecular complexity index is 1580. The Morgan fingerprint density at radius 2 is 1.78 bits per heavy atom. The van der Waals surface area contributed by atoms with Crippen LogP contribution in [0.1, 0.15) is 38.1 Å². The van der Waals surface area contributed by atoms with Crippen LogP contribution in [0.5, 0.6) is 0 Å². The molecule has 0 atom stereocenters. The number of rotatable bonds is 3. The second kappa shape index (κ2) is 10.4. The molecule has 0 bridgehead atoms. The third-order valence-corrected chi connectivity index (χ3v) is 6.91. The van der Waals surface area contributed by atoms with Crippen LogP contribution < -0.4 is 11.5 Å². The first kappa shape index (κ1) is 24.5. The van der Waals surface area contributed by atoms with Gasteiger partial charge in [-0.25, -0.2) is 19.7 Å². The number of primary amides is 1. The molecule has 4 heterocycles. The van der Waals surface area contributed by atoms with Crippen molar-refractivity contribution in [3.8, 4) is 22.5 Å². The van der Waals surface area contributed by atoms with Crippen LogP contribution >= 0.6 is 11.6 Å². The Morgan fingerprint density at radius 1 is 1.00 bits per heavy atom. The molecule has 1 aromatic carbocycles. The highest BCUT2D eigenvalue weighted by Gasteiger charge is 2.23. The van der Waals surface area contributed by atoms with E-state index in [1.54, 1.807) is 12.5 Å². The van der Waals surface area contributed by atoms with Crippen LogP contribution in [0, 0.1) is 0 Å². The van der Waals surface area contributed by atoms with Crippen molar-refractivity contribution in [2.75, 3.05) is 5.73 Å². The topological polar surface area (TPSA) is 146 Å². The molecule has 9 nitrogen and oxygen atoms in total. The SMILES string of the molecule is NC(=O)O.Nc1ncnc2c1c(-c1cc3nc(-c4ccccn4)ccc3cc1Cl)cn2C1CCCCC1. The lowest BCUT2D eigenvalue weighted by molar-refractivity contribution is 0.205. The Balaban J connectivity index is 0.000000655. The molecule has 1 aliphatic rings. The molecule has 0 aliphatic heterocycles. The fourth-order valence-corrected chi connectivity index (χ4v) is 5.23. The quantitative estimate of drug-likeness (QED) is 0.264. The molecule has 0 spiro atoms. The molecule has 4 aromatic heterocycles. The molecule has 0 radical (unpaired) electrons. The van der Waals surface area contributed by atoms with Crippen LogP contribution in [0.3, 0.4) is 0 Å². The summed E-state index contributed by atoms with van der Waals surface area (Å²) in [5, 5.41) is 9.68. The van der Waals surface area contributed by atoms with Crippen molar-refractivity contribution >= 4 is 45.4 Å². The molecule has 5 aromatic rings. The maximum atomic E-state index is 8.78. The van der Waals surface area contributed by atoms with E-state index in [9.17, 15) is 0 Å². The molecule has 1 amide bonds. The van der Waals surface area contributed by atoms with E-state index in [1.807, 2.05) is 42.5 Å². The number of aromatic nitrogens is 5. The number of nitrogens with zero attached hydrogens (tertiary/aromatic N) is 5. The molecule has 5 N–H and O–H groups in total. The first-order chi connectivity index (χ1) is 17.9. The smallest absolute Gasteiger partial charge is 0.402 e. The summed E-state index contributed by atoms with van der Waals surface area (Å²) < 4.78 is 2.28. The van der Waals surface area contributed by atoms with Crippen LogP contribution in [0.15, 0.2) is 61.2 Å². The molecule has 1 fully saturated rings. The molecule has 37 heavy (non-hydrogen) atoms. The summed E-state index contributed by atoms with van der Waals surface area (Å²) in [6, 6.07) is 14.2. The summed E-state index contributed by atoms with van der Waals surface area (Å²) >= 11 is 6.81. The number of carboxylic acid groups (broad SMARTS) is 1. The summed E-state index contributed by atoms with van der Waals surface area (Å²) in [5.41, 5.74) is 15.6. The van der Waals surface area contributed by atoms with Gasteiger partial charge in [-0.3, -0.25) is 4.98 Å². The highest BCUT2D eigenvalue weighted by molar-refractivity contribution is 6.34. The summed E-state index contributed by atoms with van der Waals surface area (Å²) in [4.78, 5) is 27.0. The number of benzene rings is 1. The van der Waals surface area contributed by atoms with Gasteiger partial charge in [0.1, 0.15) is 17.8 Å². The minimum atomic E-state index is -1.33. The van der Waals surface area contributed by atoms with Gasteiger partial charge in [0, 0.05) is 40.0 Å². The van der Waals surface area contributed by atoms with E-state index in [4.69, 9.17) is 32.2 Å². The van der Waals surface area contributed by atoms with Crippen LogP contribution in [0.2, 0.25) is 5.02 Å². The van der Waals surface area contributed by atoms with E-state index in [2.05, 4.69) is 31.4 Å². The number of amides is 1. The lowest BCUT2D eigenvalue weighted by Gasteiger charge is -2.23. The monoisotopic (exact) mass is 515 g/mol. The van der Waals surface area contributed by atoms with Gasteiger partial charge in [0.15, 0.2) is 0 Å². The van der Waals surface area contributed by atoms with E-state index >= 15 is 0 Å². The average molecular weight is 516 g/mol. The number of halogens is 1. The van der Waals surface area contributed by atoms with Gasteiger partial charge >= 0.3 is 6.09 Å². The number of hydrogen-bond donors (Lipinski definition) is 3. The van der Waals surface area contributed by atoms with Crippen molar-refractivity contribution in [3.63, 3.8) is 0 Å². The zero-order valence-electron chi connectivity index (χ0n) is 20.0. The molecule has 6 rings (SSSR count). The number of anilines is 1. The van der Waals surface area contributed by atoms with E-state index in [-0.39, 0.29) is 0 Å². The van der Waals surface area contributed by atoms with E-state index in [1.165, 1.54) is 19.3 Å². The fraction of sp³-hybridized carbons (Fsp3) is 0.222. The van der Waals surface area contributed by atoms with Crippen molar-refractivity contribution in [1.82, 2.24) is 24.5 Å². The number of pyridine rings is 2. The van der Waals surface area contributed by atoms with Crippen molar-refractivity contribution < 1.29 is 9.90 Å². The van der Waals surface area contributed by atoms with Gasteiger partial charge in [-0.2, -0.15) is 0 Å². The van der Waals surface area contributed by atoms with Crippen molar-refractivity contribution in [3.05, 3.63) is 66.2 Å². The highest BCUT2D eigenvalue weighted by atomic mass is 35.5. The minimum Gasteiger partial charge on any atom is -0.465 e. The van der Waals surface area contributed by atoms with Gasteiger partial charge < -0.3 is 21.1 Å². The maximum absolute atomic E-state index is 8.78. The van der Waals surface area contributed by atoms with Crippen LogP contribution in [0.4, 0.5) is 10.6 Å².